The van der Waals surface area contributed by atoms with E-state index in [0.717, 1.165) is 53.7 Å². The van der Waals surface area contributed by atoms with Crippen LogP contribution in [0.1, 0.15) is 18.4 Å². The Kier molecular flexibility index (Phi) is 6.20. The lowest BCUT2D eigenvalue weighted by atomic mass is 9.99. The summed E-state index contributed by atoms with van der Waals surface area (Å²) < 4.78 is 5.16. The molecule has 6 nitrogen and oxygen atoms in total. The molecular formula is C23H26N4O2S. The quantitative estimate of drug-likeness (QED) is 0.798. The van der Waals surface area contributed by atoms with Crippen molar-refractivity contribution in [2.24, 2.45) is 9.98 Å². The van der Waals surface area contributed by atoms with E-state index in [0.29, 0.717) is 0 Å². The van der Waals surface area contributed by atoms with E-state index in [4.69, 9.17) is 14.7 Å². The van der Waals surface area contributed by atoms with Crippen molar-refractivity contribution in [1.82, 2.24) is 4.90 Å². The Bertz CT molecular complexity index is 949. The molecule has 1 saturated heterocycles. The first-order valence-electron chi connectivity index (χ1n) is 10.1. The van der Waals surface area contributed by atoms with Gasteiger partial charge in [-0.25, -0.2) is 4.99 Å². The number of benzene rings is 2. The van der Waals surface area contributed by atoms with Gasteiger partial charge in [0.15, 0.2) is 5.66 Å². The highest BCUT2D eigenvalue weighted by atomic mass is 32.2. The maximum Gasteiger partial charge on any atom is 0.234 e. The number of carbonyl (C=O) groups is 1. The van der Waals surface area contributed by atoms with Crippen LogP contribution in [-0.2, 0) is 4.79 Å². The number of hydrogen-bond donors (Lipinski definition) is 1. The Morgan fingerprint density at radius 1 is 1.10 bits per heavy atom. The zero-order valence-corrected chi connectivity index (χ0v) is 18.1. The van der Waals surface area contributed by atoms with Gasteiger partial charge in [0.1, 0.15) is 10.8 Å². The predicted molar refractivity (Wildman–Crippen MR) is 124 cm³/mol. The molecule has 1 amide bonds. The third-order valence-electron chi connectivity index (χ3n) is 5.38. The van der Waals surface area contributed by atoms with Crippen molar-refractivity contribution < 1.29 is 9.53 Å². The molecule has 0 aliphatic carbocycles. The maximum absolute atomic E-state index is 12.5. The highest BCUT2D eigenvalue weighted by Crippen LogP contribution is 2.35. The van der Waals surface area contributed by atoms with Crippen molar-refractivity contribution in [2.45, 2.75) is 18.5 Å². The predicted octanol–water partition coefficient (Wildman–Crippen LogP) is 3.69. The Morgan fingerprint density at radius 2 is 1.80 bits per heavy atom. The molecule has 1 spiro atoms. The molecule has 0 bridgehead atoms. The highest BCUT2D eigenvalue weighted by molar-refractivity contribution is 8.16. The number of carbonyl (C=O) groups excluding carboxylic acids is 1. The molecule has 2 aromatic rings. The molecule has 2 aliphatic heterocycles. The van der Waals surface area contributed by atoms with E-state index < -0.39 is 0 Å². The molecule has 0 atom stereocenters. The Morgan fingerprint density at radius 3 is 2.47 bits per heavy atom. The average molecular weight is 423 g/mol. The van der Waals surface area contributed by atoms with Crippen LogP contribution in [-0.4, -0.2) is 60.2 Å². The minimum absolute atomic E-state index is 0.0652. The van der Waals surface area contributed by atoms with Gasteiger partial charge in [-0.05, 0) is 31.3 Å². The molecule has 2 aromatic carbocycles. The molecule has 1 N–H and O–H groups in total. The molecule has 1 fully saturated rings. The van der Waals surface area contributed by atoms with Gasteiger partial charge in [0.2, 0.25) is 5.91 Å². The fraction of sp³-hybridized carbons (Fsp3) is 0.348. The molecule has 4 rings (SSSR count). The highest BCUT2D eigenvalue weighted by Gasteiger charge is 2.39. The first-order chi connectivity index (χ1) is 14.6. The number of rotatable bonds is 5. The number of anilines is 1. The largest absolute Gasteiger partial charge is 0.497 e. The van der Waals surface area contributed by atoms with Gasteiger partial charge < -0.3 is 15.0 Å². The summed E-state index contributed by atoms with van der Waals surface area (Å²) in [5, 5.41) is 3.79. The molecule has 156 valence electrons. The number of nitrogens with zero attached hydrogens (tertiary/aromatic N) is 3. The minimum atomic E-state index is -0.382. The molecule has 30 heavy (non-hydrogen) atoms. The molecule has 0 unspecified atom stereocenters. The van der Waals surface area contributed by atoms with Crippen molar-refractivity contribution in [3.63, 3.8) is 0 Å². The SMILES string of the molecule is COc1ccc(NC(=O)CSC2=NC3(CCN(C)CC3)N=C2c2ccccc2)cc1. The van der Waals surface area contributed by atoms with Crippen LogP contribution < -0.4 is 10.1 Å². The van der Waals surface area contributed by atoms with Gasteiger partial charge in [-0.15, -0.1) is 0 Å². The third-order valence-corrected chi connectivity index (χ3v) is 6.35. The van der Waals surface area contributed by atoms with Crippen molar-refractivity contribution in [3.8, 4) is 5.75 Å². The van der Waals surface area contributed by atoms with E-state index in [-0.39, 0.29) is 17.3 Å². The summed E-state index contributed by atoms with van der Waals surface area (Å²) in [5.74, 6) is 0.978. The van der Waals surface area contributed by atoms with Gasteiger partial charge in [0, 0.05) is 37.2 Å². The lowest BCUT2D eigenvalue weighted by Crippen LogP contribution is -2.39. The number of piperidine rings is 1. The summed E-state index contributed by atoms with van der Waals surface area (Å²) in [7, 11) is 3.75. The number of thioether (sulfide) groups is 1. The molecule has 0 radical (unpaired) electrons. The molecule has 2 heterocycles. The summed E-state index contributed by atoms with van der Waals surface area (Å²) in [6.45, 7) is 1.95. The standard InChI is InChI=1S/C23H26N4O2S/c1-27-14-12-23(13-15-27)25-21(17-6-4-3-5-7-17)22(26-23)30-16-20(28)24-18-8-10-19(29-2)11-9-18/h3-11H,12-16H2,1-2H3,(H,24,28). The van der Waals surface area contributed by atoms with Crippen molar-refractivity contribution in [2.75, 3.05) is 38.3 Å². The lowest BCUT2D eigenvalue weighted by molar-refractivity contribution is -0.113. The van der Waals surface area contributed by atoms with Crippen LogP contribution in [0.25, 0.3) is 0 Å². The van der Waals surface area contributed by atoms with Gasteiger partial charge in [0.25, 0.3) is 0 Å². The third kappa shape index (κ3) is 4.74. The van der Waals surface area contributed by atoms with Crippen LogP contribution >= 0.6 is 11.8 Å². The van der Waals surface area contributed by atoms with Gasteiger partial charge in [-0.3, -0.25) is 9.79 Å². The van der Waals surface area contributed by atoms with Crippen LogP contribution in [0.15, 0.2) is 64.6 Å². The van der Waals surface area contributed by atoms with E-state index in [1.54, 1.807) is 7.11 Å². The summed E-state index contributed by atoms with van der Waals surface area (Å²) in [5.41, 5.74) is 2.32. The molecular weight excluding hydrogens is 396 g/mol. The molecule has 2 aliphatic rings. The summed E-state index contributed by atoms with van der Waals surface area (Å²) in [6.07, 6.45) is 1.81. The number of nitrogens with one attached hydrogen (secondary N) is 1. The lowest BCUT2D eigenvalue weighted by Gasteiger charge is -2.33. The van der Waals surface area contributed by atoms with Gasteiger partial charge in [-0.1, -0.05) is 42.1 Å². The van der Waals surface area contributed by atoms with Crippen LogP contribution in [0.2, 0.25) is 0 Å². The Hall–Kier alpha value is -2.64. The molecule has 7 heteroatoms. The monoisotopic (exact) mass is 422 g/mol. The summed E-state index contributed by atoms with van der Waals surface area (Å²) in [6, 6.07) is 17.4. The van der Waals surface area contributed by atoms with Gasteiger partial charge >= 0.3 is 0 Å². The Labute approximate surface area is 181 Å². The van der Waals surface area contributed by atoms with E-state index in [1.807, 2.05) is 42.5 Å². The number of aliphatic imine (C=N–C) groups is 2. The smallest absolute Gasteiger partial charge is 0.234 e. The number of methoxy groups -OCH3 is 1. The van der Waals surface area contributed by atoms with E-state index >= 15 is 0 Å². The van der Waals surface area contributed by atoms with Gasteiger partial charge in [-0.2, -0.15) is 0 Å². The van der Waals surface area contributed by atoms with E-state index in [9.17, 15) is 4.79 Å². The minimum Gasteiger partial charge on any atom is -0.497 e. The van der Waals surface area contributed by atoms with E-state index in [2.05, 4.69) is 29.4 Å². The van der Waals surface area contributed by atoms with Crippen LogP contribution in [0.4, 0.5) is 5.69 Å². The van der Waals surface area contributed by atoms with Crippen LogP contribution in [0.5, 0.6) is 5.75 Å². The second-order valence-corrected chi connectivity index (χ2v) is 8.56. The van der Waals surface area contributed by atoms with E-state index in [1.165, 1.54) is 11.8 Å². The van der Waals surface area contributed by atoms with Gasteiger partial charge in [0.05, 0.1) is 18.6 Å². The number of hydrogen-bond acceptors (Lipinski definition) is 6. The average Bonchev–Trinajstić information content (AvgIpc) is 3.14. The summed E-state index contributed by atoms with van der Waals surface area (Å²) >= 11 is 1.46. The first kappa shape index (κ1) is 20.6. The first-order valence-corrected chi connectivity index (χ1v) is 11.1. The van der Waals surface area contributed by atoms with Crippen molar-refractivity contribution in [3.05, 3.63) is 60.2 Å². The van der Waals surface area contributed by atoms with Crippen molar-refractivity contribution >= 4 is 34.1 Å². The van der Waals surface area contributed by atoms with Crippen LogP contribution in [0.3, 0.4) is 0 Å². The molecule has 0 saturated carbocycles. The van der Waals surface area contributed by atoms with Crippen LogP contribution in [0, 0.1) is 0 Å². The zero-order chi connectivity index (χ0) is 21.0. The topological polar surface area (TPSA) is 66.3 Å². The number of amides is 1. The number of likely N-dealkylation sites (tertiary alicyclic amines) is 1. The van der Waals surface area contributed by atoms with Crippen molar-refractivity contribution in [1.29, 1.82) is 0 Å². The maximum atomic E-state index is 12.5. The molecule has 0 aromatic heterocycles. The Balaban J connectivity index is 1.46. The summed E-state index contributed by atoms with van der Waals surface area (Å²) in [4.78, 5) is 24.9. The fourth-order valence-corrected chi connectivity index (χ4v) is 4.49. The normalized spacial score (nSPS) is 18.1. The fourth-order valence-electron chi connectivity index (χ4n) is 3.61. The number of ether oxygens (including phenoxy) is 1. The second kappa shape index (κ2) is 9.02. The second-order valence-electron chi connectivity index (χ2n) is 7.59. The zero-order valence-electron chi connectivity index (χ0n) is 17.3.